The Morgan fingerprint density at radius 1 is 1.28 bits per heavy atom. The first kappa shape index (κ1) is 21.4. The van der Waals surface area contributed by atoms with Crippen molar-refractivity contribution in [1.29, 1.82) is 0 Å². The summed E-state index contributed by atoms with van der Waals surface area (Å²) in [6.45, 7) is 3.63. The monoisotopic (exact) mass is 456 g/mol. The second-order valence-corrected chi connectivity index (χ2v) is 6.16. The van der Waals surface area contributed by atoms with E-state index in [9.17, 15) is 0 Å². The van der Waals surface area contributed by atoms with Crippen molar-refractivity contribution in [3.8, 4) is 0 Å². The summed E-state index contributed by atoms with van der Waals surface area (Å²) in [5.74, 6) is 0.800. The highest BCUT2D eigenvalue weighted by molar-refractivity contribution is 14.0. The molecule has 2 N–H and O–H groups in total. The van der Waals surface area contributed by atoms with Crippen molar-refractivity contribution >= 4 is 29.9 Å². The fourth-order valence-corrected chi connectivity index (χ4v) is 2.61. The van der Waals surface area contributed by atoms with Crippen molar-refractivity contribution in [2.75, 3.05) is 27.7 Å². The standard InChI is InChI=1S/C18H28N6.HI/c1-14-8-6-7-9-15(14)10-20-18(19-2)21-12-17(23(3)4)16-11-22-24(5)13-16;/h6-9,11,13,17H,10,12H2,1-5H3,(H2,19,20,21);1H. The number of halogens is 1. The van der Waals surface area contributed by atoms with E-state index in [2.05, 4.69) is 77.1 Å². The molecule has 1 aromatic carbocycles. The molecule has 2 rings (SSSR count). The topological polar surface area (TPSA) is 57.5 Å². The molecule has 0 saturated carbocycles. The number of hydrogen-bond acceptors (Lipinski definition) is 3. The predicted octanol–water partition coefficient (Wildman–Crippen LogP) is 2.31. The average Bonchev–Trinajstić information content (AvgIpc) is 2.98. The first-order valence-corrected chi connectivity index (χ1v) is 8.15. The van der Waals surface area contributed by atoms with Crippen LogP contribution in [-0.4, -0.2) is 48.3 Å². The largest absolute Gasteiger partial charge is 0.354 e. The highest BCUT2D eigenvalue weighted by Gasteiger charge is 2.16. The maximum Gasteiger partial charge on any atom is 0.191 e. The third kappa shape index (κ3) is 6.32. The Morgan fingerprint density at radius 2 is 2.00 bits per heavy atom. The zero-order chi connectivity index (χ0) is 17.5. The molecule has 0 aliphatic rings. The Kier molecular flexibility index (Phi) is 8.91. The Bertz CT molecular complexity index is 680. The van der Waals surface area contributed by atoms with Crippen LogP contribution in [0.3, 0.4) is 0 Å². The lowest BCUT2D eigenvalue weighted by molar-refractivity contribution is 0.298. The van der Waals surface area contributed by atoms with E-state index in [1.165, 1.54) is 16.7 Å². The second kappa shape index (κ2) is 10.4. The van der Waals surface area contributed by atoms with E-state index in [1.807, 2.05) is 17.9 Å². The Morgan fingerprint density at radius 3 is 2.56 bits per heavy atom. The van der Waals surface area contributed by atoms with Crippen LogP contribution >= 0.6 is 24.0 Å². The Balaban J connectivity index is 0.00000312. The first-order valence-electron chi connectivity index (χ1n) is 8.15. The number of aromatic nitrogens is 2. The van der Waals surface area contributed by atoms with Gasteiger partial charge in [-0.2, -0.15) is 5.10 Å². The van der Waals surface area contributed by atoms with Crippen molar-refractivity contribution in [2.24, 2.45) is 12.0 Å². The molecule has 0 spiro atoms. The SMILES string of the molecule is CN=C(NCc1ccccc1C)NCC(c1cnn(C)c1)N(C)C.I. The van der Waals surface area contributed by atoms with Gasteiger partial charge in [-0.1, -0.05) is 24.3 Å². The molecular formula is C18H29IN6. The minimum Gasteiger partial charge on any atom is -0.354 e. The molecular weight excluding hydrogens is 427 g/mol. The van der Waals surface area contributed by atoms with Crippen LogP contribution in [0.2, 0.25) is 0 Å². The molecule has 25 heavy (non-hydrogen) atoms. The number of nitrogens with zero attached hydrogens (tertiary/aromatic N) is 4. The summed E-state index contributed by atoms with van der Waals surface area (Å²) < 4.78 is 1.83. The zero-order valence-corrected chi connectivity index (χ0v) is 18.0. The van der Waals surface area contributed by atoms with Crippen LogP contribution < -0.4 is 10.6 Å². The normalized spacial score (nSPS) is 12.6. The smallest absolute Gasteiger partial charge is 0.191 e. The molecule has 0 aliphatic heterocycles. The van der Waals surface area contributed by atoms with E-state index >= 15 is 0 Å². The van der Waals surface area contributed by atoms with Gasteiger partial charge in [-0.3, -0.25) is 9.67 Å². The molecule has 0 saturated heterocycles. The number of rotatable bonds is 6. The number of nitrogens with one attached hydrogen (secondary N) is 2. The van der Waals surface area contributed by atoms with E-state index in [0.717, 1.165) is 19.0 Å². The molecule has 1 aromatic heterocycles. The van der Waals surface area contributed by atoms with Gasteiger partial charge < -0.3 is 15.5 Å². The molecule has 6 nitrogen and oxygen atoms in total. The van der Waals surface area contributed by atoms with Crippen molar-refractivity contribution in [1.82, 2.24) is 25.3 Å². The number of benzene rings is 1. The van der Waals surface area contributed by atoms with Gasteiger partial charge in [0, 0.05) is 38.9 Å². The minimum atomic E-state index is 0. The summed E-state index contributed by atoms with van der Waals surface area (Å²) in [5.41, 5.74) is 3.74. The maximum atomic E-state index is 4.32. The van der Waals surface area contributed by atoms with Gasteiger partial charge in [0.05, 0.1) is 12.2 Å². The van der Waals surface area contributed by atoms with E-state index in [4.69, 9.17) is 0 Å². The molecule has 0 aliphatic carbocycles. The van der Waals surface area contributed by atoms with Crippen LogP contribution in [0.15, 0.2) is 41.7 Å². The predicted molar refractivity (Wildman–Crippen MR) is 114 cm³/mol. The van der Waals surface area contributed by atoms with Gasteiger partial charge in [-0.25, -0.2) is 0 Å². The van der Waals surface area contributed by atoms with Gasteiger partial charge in [-0.15, -0.1) is 24.0 Å². The molecule has 0 fully saturated rings. The van der Waals surface area contributed by atoms with Gasteiger partial charge >= 0.3 is 0 Å². The molecule has 138 valence electrons. The summed E-state index contributed by atoms with van der Waals surface area (Å²) in [6, 6.07) is 8.60. The molecule has 2 aromatic rings. The average molecular weight is 456 g/mol. The highest BCUT2D eigenvalue weighted by atomic mass is 127. The van der Waals surface area contributed by atoms with Gasteiger partial charge in [0.15, 0.2) is 5.96 Å². The van der Waals surface area contributed by atoms with Gasteiger partial charge in [0.1, 0.15) is 0 Å². The van der Waals surface area contributed by atoms with E-state index in [0.29, 0.717) is 0 Å². The highest BCUT2D eigenvalue weighted by Crippen LogP contribution is 2.16. The van der Waals surface area contributed by atoms with Crippen LogP contribution in [0.5, 0.6) is 0 Å². The van der Waals surface area contributed by atoms with E-state index in [1.54, 1.807) is 7.05 Å². The van der Waals surface area contributed by atoms with Crippen LogP contribution in [0.25, 0.3) is 0 Å². The Hall–Kier alpha value is -1.61. The number of hydrogen-bond donors (Lipinski definition) is 2. The lowest BCUT2D eigenvalue weighted by atomic mass is 10.1. The summed E-state index contributed by atoms with van der Waals surface area (Å²) in [5, 5.41) is 11.1. The molecule has 1 unspecified atom stereocenters. The molecule has 1 atom stereocenters. The van der Waals surface area contributed by atoms with Gasteiger partial charge in [0.25, 0.3) is 0 Å². The van der Waals surface area contributed by atoms with Crippen molar-refractivity contribution < 1.29 is 0 Å². The van der Waals surface area contributed by atoms with Crippen molar-refractivity contribution in [3.63, 3.8) is 0 Å². The zero-order valence-electron chi connectivity index (χ0n) is 15.7. The minimum absolute atomic E-state index is 0. The lowest BCUT2D eigenvalue weighted by Crippen LogP contribution is -2.41. The molecule has 7 heteroatoms. The van der Waals surface area contributed by atoms with Gasteiger partial charge in [0.2, 0.25) is 0 Å². The quantitative estimate of drug-likeness (QED) is 0.398. The summed E-state index contributed by atoms with van der Waals surface area (Å²) in [6.07, 6.45) is 3.96. The molecule has 0 bridgehead atoms. The van der Waals surface area contributed by atoms with Crippen LogP contribution in [0.4, 0.5) is 0 Å². The van der Waals surface area contributed by atoms with Crippen LogP contribution in [-0.2, 0) is 13.6 Å². The number of guanidine groups is 1. The molecule has 1 heterocycles. The molecule has 0 amide bonds. The Labute approximate surface area is 167 Å². The second-order valence-electron chi connectivity index (χ2n) is 6.16. The number of likely N-dealkylation sites (N-methyl/N-ethyl adjacent to an activating group) is 1. The third-order valence-electron chi connectivity index (χ3n) is 4.13. The fraction of sp³-hybridized carbons (Fsp3) is 0.444. The third-order valence-corrected chi connectivity index (χ3v) is 4.13. The van der Waals surface area contributed by atoms with E-state index < -0.39 is 0 Å². The van der Waals surface area contributed by atoms with Gasteiger partial charge in [-0.05, 0) is 32.1 Å². The maximum absolute atomic E-state index is 4.32. The molecule has 0 radical (unpaired) electrons. The van der Waals surface area contributed by atoms with E-state index in [-0.39, 0.29) is 30.0 Å². The van der Waals surface area contributed by atoms with Crippen LogP contribution in [0.1, 0.15) is 22.7 Å². The van der Waals surface area contributed by atoms with Crippen LogP contribution in [0, 0.1) is 6.92 Å². The van der Waals surface area contributed by atoms with Crippen molar-refractivity contribution in [3.05, 3.63) is 53.3 Å². The summed E-state index contributed by atoms with van der Waals surface area (Å²) >= 11 is 0. The summed E-state index contributed by atoms with van der Waals surface area (Å²) in [7, 11) is 7.87. The summed E-state index contributed by atoms with van der Waals surface area (Å²) in [4.78, 5) is 6.50. The number of aryl methyl sites for hydroxylation is 2. The lowest BCUT2D eigenvalue weighted by Gasteiger charge is -2.24. The van der Waals surface area contributed by atoms with Crippen molar-refractivity contribution in [2.45, 2.75) is 19.5 Å². The fourth-order valence-electron chi connectivity index (χ4n) is 2.61. The number of aliphatic imine (C=N–C) groups is 1. The first-order chi connectivity index (χ1) is 11.5.